The maximum atomic E-state index is 6.19. The van der Waals surface area contributed by atoms with Crippen LogP contribution in [0.5, 0.6) is 0 Å². The lowest BCUT2D eigenvalue weighted by atomic mass is 9.74. The molecular formula is C25H29NO. The second-order valence-electron chi connectivity index (χ2n) is 8.44. The van der Waals surface area contributed by atoms with Gasteiger partial charge in [0.15, 0.2) is 0 Å². The smallest absolute Gasteiger partial charge is 0.0841 e. The maximum absolute atomic E-state index is 6.19. The first-order chi connectivity index (χ1) is 13.3. The summed E-state index contributed by atoms with van der Waals surface area (Å²) in [5, 5.41) is 0. The third-order valence-electron chi connectivity index (χ3n) is 6.91. The lowest BCUT2D eigenvalue weighted by Gasteiger charge is -2.37. The van der Waals surface area contributed by atoms with Crippen LogP contribution in [0.4, 0.5) is 0 Å². The molecule has 0 radical (unpaired) electrons. The summed E-state index contributed by atoms with van der Waals surface area (Å²) in [5.41, 5.74) is 4.57. The highest BCUT2D eigenvalue weighted by Crippen LogP contribution is 2.44. The lowest BCUT2D eigenvalue weighted by Crippen LogP contribution is -2.41. The monoisotopic (exact) mass is 359 g/mol. The van der Waals surface area contributed by atoms with Gasteiger partial charge in [-0.2, -0.15) is 0 Å². The van der Waals surface area contributed by atoms with Crippen LogP contribution in [0.1, 0.15) is 54.9 Å². The minimum atomic E-state index is 0.257. The van der Waals surface area contributed by atoms with Crippen LogP contribution >= 0.6 is 0 Å². The third kappa shape index (κ3) is 3.26. The predicted octanol–water partition coefficient (Wildman–Crippen LogP) is 5.36. The van der Waals surface area contributed by atoms with Gasteiger partial charge in [-0.05, 0) is 55.5 Å². The summed E-state index contributed by atoms with van der Waals surface area (Å²) in [7, 11) is 0. The summed E-state index contributed by atoms with van der Waals surface area (Å²) in [5.74, 6) is 0. The van der Waals surface area contributed by atoms with Crippen LogP contribution in [0.15, 0.2) is 60.7 Å². The van der Waals surface area contributed by atoms with Crippen LogP contribution < -0.4 is 0 Å². The SMILES string of the molecule is C1=CC2(CCCCN(C3COC(c4ccccc4)C3)CC2)c2ccccc21. The highest BCUT2D eigenvalue weighted by Gasteiger charge is 2.37. The number of fused-ring (bicyclic) bond motifs is 2. The number of likely N-dealkylation sites (tertiary alicyclic amines) is 1. The van der Waals surface area contributed by atoms with E-state index in [0.29, 0.717) is 6.04 Å². The van der Waals surface area contributed by atoms with Gasteiger partial charge in [-0.3, -0.25) is 4.90 Å². The number of nitrogens with zero attached hydrogens (tertiary/aromatic N) is 1. The number of ether oxygens (including phenoxy) is 1. The van der Waals surface area contributed by atoms with Gasteiger partial charge >= 0.3 is 0 Å². The molecule has 27 heavy (non-hydrogen) atoms. The molecule has 2 fully saturated rings. The van der Waals surface area contributed by atoms with Gasteiger partial charge in [0.1, 0.15) is 0 Å². The van der Waals surface area contributed by atoms with E-state index in [-0.39, 0.29) is 11.5 Å². The molecule has 1 aliphatic carbocycles. The fraction of sp³-hybridized carbons (Fsp3) is 0.440. The van der Waals surface area contributed by atoms with Crippen molar-refractivity contribution in [2.75, 3.05) is 19.7 Å². The van der Waals surface area contributed by atoms with Crippen LogP contribution in [0.25, 0.3) is 6.08 Å². The molecule has 5 rings (SSSR count). The van der Waals surface area contributed by atoms with E-state index in [1.807, 2.05) is 0 Å². The van der Waals surface area contributed by atoms with E-state index in [2.05, 4.69) is 71.6 Å². The summed E-state index contributed by atoms with van der Waals surface area (Å²) in [4.78, 5) is 2.72. The Bertz CT molecular complexity index is 814. The Kier molecular flexibility index (Phi) is 4.63. The quantitative estimate of drug-likeness (QED) is 0.716. The summed E-state index contributed by atoms with van der Waals surface area (Å²) in [6.45, 7) is 3.27. The molecule has 0 aromatic heterocycles. The summed E-state index contributed by atoms with van der Waals surface area (Å²) < 4.78 is 6.19. The first-order valence-electron chi connectivity index (χ1n) is 10.5. The zero-order valence-electron chi connectivity index (χ0n) is 16.0. The van der Waals surface area contributed by atoms with Crippen LogP contribution in [0.2, 0.25) is 0 Å². The van der Waals surface area contributed by atoms with Crippen molar-refractivity contribution in [1.82, 2.24) is 4.90 Å². The molecule has 2 heterocycles. The van der Waals surface area contributed by atoms with Crippen molar-refractivity contribution in [2.24, 2.45) is 0 Å². The van der Waals surface area contributed by atoms with E-state index in [9.17, 15) is 0 Å². The van der Waals surface area contributed by atoms with Crippen molar-refractivity contribution in [1.29, 1.82) is 0 Å². The van der Waals surface area contributed by atoms with Crippen molar-refractivity contribution < 1.29 is 4.74 Å². The average molecular weight is 360 g/mol. The van der Waals surface area contributed by atoms with Crippen molar-refractivity contribution >= 4 is 6.08 Å². The summed E-state index contributed by atoms with van der Waals surface area (Å²) >= 11 is 0. The summed E-state index contributed by atoms with van der Waals surface area (Å²) in [6.07, 6.45) is 11.4. The molecular weight excluding hydrogens is 330 g/mol. The first kappa shape index (κ1) is 17.2. The molecule has 2 nitrogen and oxygen atoms in total. The third-order valence-corrected chi connectivity index (χ3v) is 6.91. The van der Waals surface area contributed by atoms with Crippen molar-refractivity contribution in [3.63, 3.8) is 0 Å². The predicted molar refractivity (Wildman–Crippen MR) is 111 cm³/mol. The Balaban J connectivity index is 1.30. The Morgan fingerprint density at radius 2 is 1.74 bits per heavy atom. The van der Waals surface area contributed by atoms with Crippen LogP contribution in [0, 0.1) is 0 Å². The van der Waals surface area contributed by atoms with E-state index in [1.54, 1.807) is 5.56 Å². The van der Waals surface area contributed by atoms with Gasteiger partial charge in [-0.25, -0.2) is 0 Å². The fourth-order valence-corrected chi connectivity index (χ4v) is 5.34. The molecule has 2 aromatic carbocycles. The van der Waals surface area contributed by atoms with Gasteiger partial charge in [0.05, 0.1) is 12.7 Å². The fourth-order valence-electron chi connectivity index (χ4n) is 5.34. The largest absolute Gasteiger partial charge is 0.372 e. The maximum Gasteiger partial charge on any atom is 0.0841 e. The van der Waals surface area contributed by atoms with E-state index in [0.717, 1.165) is 13.0 Å². The van der Waals surface area contributed by atoms with Crippen molar-refractivity contribution in [3.8, 4) is 0 Å². The Labute approximate surface area is 162 Å². The molecule has 1 spiro atoms. The van der Waals surface area contributed by atoms with Crippen LogP contribution in [0.3, 0.4) is 0 Å². The molecule has 2 saturated heterocycles. The molecule has 3 atom stereocenters. The van der Waals surface area contributed by atoms with Crippen molar-refractivity contribution in [3.05, 3.63) is 77.4 Å². The van der Waals surface area contributed by atoms with Crippen molar-refractivity contribution in [2.45, 2.75) is 49.7 Å². The molecule has 3 aliphatic rings. The minimum Gasteiger partial charge on any atom is -0.372 e. The molecule has 0 bridgehead atoms. The van der Waals surface area contributed by atoms with E-state index in [4.69, 9.17) is 4.74 Å². The van der Waals surface area contributed by atoms with Crippen LogP contribution in [-0.4, -0.2) is 30.6 Å². The zero-order valence-corrected chi connectivity index (χ0v) is 16.0. The molecule has 2 heteroatoms. The Morgan fingerprint density at radius 3 is 2.67 bits per heavy atom. The van der Waals surface area contributed by atoms with E-state index >= 15 is 0 Å². The zero-order chi connectivity index (χ0) is 18.1. The highest BCUT2D eigenvalue weighted by atomic mass is 16.5. The van der Waals surface area contributed by atoms with Gasteiger partial charge in [-0.15, -0.1) is 0 Å². The molecule has 0 amide bonds. The number of hydrogen-bond donors (Lipinski definition) is 0. The van der Waals surface area contributed by atoms with Crippen LogP contribution in [-0.2, 0) is 10.2 Å². The first-order valence-corrected chi connectivity index (χ1v) is 10.5. The Hall–Kier alpha value is -1.90. The number of allylic oxidation sites excluding steroid dienone is 1. The van der Waals surface area contributed by atoms with Gasteiger partial charge < -0.3 is 4.74 Å². The number of rotatable bonds is 2. The highest BCUT2D eigenvalue weighted by molar-refractivity contribution is 5.65. The standard InChI is InChI=1S/C25H29NO/c1-2-9-21(10-3-1)24-18-22(19-27-24)26-16-7-6-13-25(15-17-26)14-12-20-8-4-5-11-23(20)25/h1-5,8-12,14,22,24H,6-7,13,15-19H2. The second-order valence-corrected chi connectivity index (χ2v) is 8.44. The molecule has 3 unspecified atom stereocenters. The number of benzene rings is 2. The normalized spacial score (nSPS) is 31.0. The van der Waals surface area contributed by atoms with Gasteiger partial charge in [-0.1, -0.05) is 73.2 Å². The minimum absolute atomic E-state index is 0.257. The molecule has 2 aromatic rings. The van der Waals surface area contributed by atoms with E-state index in [1.165, 1.54) is 49.9 Å². The number of hydrogen-bond acceptors (Lipinski definition) is 2. The topological polar surface area (TPSA) is 12.5 Å². The molecule has 0 saturated carbocycles. The lowest BCUT2D eigenvalue weighted by molar-refractivity contribution is 0.0927. The van der Waals surface area contributed by atoms with Gasteiger partial charge in [0, 0.05) is 11.5 Å². The Morgan fingerprint density at radius 1 is 0.889 bits per heavy atom. The average Bonchev–Trinajstić information content (AvgIpc) is 3.32. The van der Waals surface area contributed by atoms with E-state index < -0.39 is 0 Å². The molecule has 2 aliphatic heterocycles. The van der Waals surface area contributed by atoms with Gasteiger partial charge in [0.2, 0.25) is 0 Å². The second kappa shape index (κ2) is 7.26. The molecule has 0 N–H and O–H groups in total. The van der Waals surface area contributed by atoms with Gasteiger partial charge in [0.25, 0.3) is 0 Å². The molecule has 140 valence electrons. The summed E-state index contributed by atoms with van der Waals surface area (Å²) in [6, 6.07) is 20.3.